The molecule has 1 amide bonds. The molecule has 0 bridgehead atoms. The first kappa shape index (κ1) is 15.4. The Kier molecular flexibility index (Phi) is 5.06. The monoisotopic (exact) mass is 409 g/mol. The van der Waals surface area contributed by atoms with Crippen molar-refractivity contribution in [1.29, 1.82) is 0 Å². The normalized spacial score (nSPS) is 19.1. The highest BCUT2D eigenvalue weighted by Crippen LogP contribution is 2.31. The Bertz CT molecular complexity index is 492. The third kappa shape index (κ3) is 4.02. The minimum atomic E-state index is 0.0941. The summed E-state index contributed by atoms with van der Waals surface area (Å²) in [5.74, 6) is 1.09. The van der Waals surface area contributed by atoms with Crippen molar-refractivity contribution in [1.82, 2.24) is 4.90 Å². The smallest absolute Gasteiger partial charge is 0.253 e. The number of halogens is 2. The van der Waals surface area contributed by atoms with E-state index in [9.17, 15) is 4.79 Å². The van der Waals surface area contributed by atoms with Crippen LogP contribution in [0.5, 0.6) is 0 Å². The fourth-order valence-corrected chi connectivity index (χ4v) is 3.65. The Morgan fingerprint density at radius 3 is 2.84 bits per heavy atom. The van der Waals surface area contributed by atoms with Crippen LogP contribution in [0, 0.1) is 3.57 Å². The van der Waals surface area contributed by atoms with Crippen molar-refractivity contribution < 1.29 is 4.79 Å². The number of thioether (sulfide) groups is 1. The Morgan fingerprint density at radius 2 is 2.16 bits per heavy atom. The van der Waals surface area contributed by atoms with Crippen molar-refractivity contribution in [3.8, 4) is 0 Å². The third-order valence-corrected chi connectivity index (χ3v) is 6.24. The number of benzene rings is 1. The van der Waals surface area contributed by atoms with Gasteiger partial charge in [-0.1, -0.05) is 25.4 Å². The Hall–Kier alpha value is 0.0600. The van der Waals surface area contributed by atoms with Gasteiger partial charge in [-0.25, -0.2) is 0 Å². The number of hydrogen-bond acceptors (Lipinski definition) is 2. The van der Waals surface area contributed by atoms with Crippen molar-refractivity contribution in [2.24, 2.45) is 0 Å². The molecule has 104 valence electrons. The van der Waals surface area contributed by atoms with Gasteiger partial charge in [-0.2, -0.15) is 11.8 Å². The summed E-state index contributed by atoms with van der Waals surface area (Å²) < 4.78 is 1.24. The van der Waals surface area contributed by atoms with E-state index in [1.54, 1.807) is 6.07 Å². The molecular weight excluding hydrogens is 393 g/mol. The summed E-state index contributed by atoms with van der Waals surface area (Å²) in [6.07, 6.45) is 1.03. The summed E-state index contributed by atoms with van der Waals surface area (Å²) >= 11 is 10.2. The number of nitrogens with zero attached hydrogens (tertiary/aromatic N) is 1. The van der Waals surface area contributed by atoms with E-state index < -0.39 is 0 Å². The van der Waals surface area contributed by atoms with E-state index in [0.29, 0.717) is 10.6 Å². The Morgan fingerprint density at radius 1 is 1.42 bits per heavy atom. The van der Waals surface area contributed by atoms with Crippen LogP contribution < -0.4 is 0 Å². The molecule has 1 aliphatic rings. The molecular formula is C14H17ClINOS. The topological polar surface area (TPSA) is 20.3 Å². The van der Waals surface area contributed by atoms with Gasteiger partial charge in [0.05, 0.1) is 5.02 Å². The maximum absolute atomic E-state index is 12.5. The van der Waals surface area contributed by atoms with Crippen LogP contribution in [0.25, 0.3) is 0 Å². The fraction of sp³-hybridized carbons (Fsp3) is 0.500. The summed E-state index contributed by atoms with van der Waals surface area (Å²) in [5.41, 5.74) is 0.690. The van der Waals surface area contributed by atoms with Gasteiger partial charge in [0.15, 0.2) is 0 Å². The molecule has 0 N–H and O–H groups in total. The summed E-state index contributed by atoms with van der Waals surface area (Å²) in [7, 11) is 0. The first-order chi connectivity index (χ1) is 8.89. The first-order valence-electron chi connectivity index (χ1n) is 6.27. The van der Waals surface area contributed by atoms with Crippen LogP contribution in [0.15, 0.2) is 18.2 Å². The SMILES string of the molecule is CC1(C)CCN(C(=O)c2ccc(I)c(Cl)c2)CCS1. The maximum atomic E-state index is 12.5. The van der Waals surface area contributed by atoms with Crippen LogP contribution in [0.1, 0.15) is 30.6 Å². The highest BCUT2D eigenvalue weighted by molar-refractivity contribution is 14.1. The van der Waals surface area contributed by atoms with Gasteiger partial charge in [0, 0.05) is 32.7 Å². The lowest BCUT2D eigenvalue weighted by Gasteiger charge is -2.22. The molecule has 0 aliphatic carbocycles. The van der Waals surface area contributed by atoms with Gasteiger partial charge in [0.25, 0.3) is 5.91 Å². The molecule has 19 heavy (non-hydrogen) atoms. The van der Waals surface area contributed by atoms with E-state index in [0.717, 1.165) is 28.8 Å². The van der Waals surface area contributed by atoms with Crippen LogP contribution in [0.3, 0.4) is 0 Å². The van der Waals surface area contributed by atoms with E-state index in [2.05, 4.69) is 36.4 Å². The molecule has 1 aliphatic heterocycles. The maximum Gasteiger partial charge on any atom is 0.253 e. The van der Waals surface area contributed by atoms with Gasteiger partial charge >= 0.3 is 0 Å². The standard InChI is InChI=1S/C14H17ClINOS/c1-14(2)5-6-17(7-8-19-14)13(18)10-3-4-12(16)11(15)9-10/h3-4,9H,5-8H2,1-2H3. The highest BCUT2D eigenvalue weighted by Gasteiger charge is 2.26. The van der Waals surface area contributed by atoms with Crippen LogP contribution in [-0.4, -0.2) is 34.4 Å². The van der Waals surface area contributed by atoms with Crippen molar-refractivity contribution in [2.75, 3.05) is 18.8 Å². The second kappa shape index (κ2) is 6.22. The summed E-state index contributed by atoms with van der Waals surface area (Å²) in [6, 6.07) is 5.53. The van der Waals surface area contributed by atoms with Crippen molar-refractivity contribution in [3.05, 3.63) is 32.4 Å². The van der Waals surface area contributed by atoms with E-state index in [1.807, 2.05) is 28.8 Å². The van der Waals surface area contributed by atoms with Gasteiger partial charge in [-0.05, 0) is 47.2 Å². The molecule has 1 fully saturated rings. The van der Waals surface area contributed by atoms with Gasteiger partial charge in [0.1, 0.15) is 0 Å². The average Bonchev–Trinajstić information content (AvgIpc) is 2.53. The molecule has 0 unspecified atom stereocenters. The van der Waals surface area contributed by atoms with Crippen molar-refractivity contribution >= 4 is 51.9 Å². The molecule has 0 saturated carbocycles. The number of amides is 1. The molecule has 0 spiro atoms. The van der Waals surface area contributed by atoms with Gasteiger partial charge in [0.2, 0.25) is 0 Å². The lowest BCUT2D eigenvalue weighted by molar-refractivity contribution is 0.0764. The molecule has 2 nitrogen and oxygen atoms in total. The summed E-state index contributed by atoms with van der Waals surface area (Å²) in [5, 5.41) is 0.649. The molecule has 1 aromatic carbocycles. The highest BCUT2D eigenvalue weighted by atomic mass is 127. The largest absolute Gasteiger partial charge is 0.338 e. The van der Waals surface area contributed by atoms with E-state index in [4.69, 9.17) is 11.6 Å². The zero-order valence-electron chi connectivity index (χ0n) is 11.1. The number of rotatable bonds is 1. The van der Waals surface area contributed by atoms with Gasteiger partial charge in [-0.15, -0.1) is 0 Å². The van der Waals surface area contributed by atoms with Crippen LogP contribution >= 0.6 is 46.0 Å². The molecule has 1 aromatic rings. The quantitative estimate of drug-likeness (QED) is 0.645. The third-order valence-electron chi connectivity index (χ3n) is 3.29. The number of carbonyl (C=O) groups is 1. The minimum Gasteiger partial charge on any atom is -0.338 e. The van der Waals surface area contributed by atoms with Crippen molar-refractivity contribution in [3.63, 3.8) is 0 Å². The van der Waals surface area contributed by atoms with E-state index in [-0.39, 0.29) is 10.7 Å². The van der Waals surface area contributed by atoms with Gasteiger partial charge in [-0.3, -0.25) is 4.79 Å². The fourth-order valence-electron chi connectivity index (χ4n) is 2.04. The van der Waals surface area contributed by atoms with Gasteiger partial charge < -0.3 is 4.90 Å². The van der Waals surface area contributed by atoms with E-state index in [1.165, 1.54) is 0 Å². The van der Waals surface area contributed by atoms with Crippen LogP contribution in [0.4, 0.5) is 0 Å². The predicted octanol–water partition coefficient (Wildman–Crippen LogP) is 4.30. The molecule has 5 heteroatoms. The molecule has 2 rings (SSSR count). The lowest BCUT2D eigenvalue weighted by Crippen LogP contribution is -2.33. The zero-order valence-corrected chi connectivity index (χ0v) is 14.8. The molecule has 0 radical (unpaired) electrons. The second-order valence-electron chi connectivity index (χ2n) is 5.28. The second-order valence-corrected chi connectivity index (χ2v) is 8.65. The molecule has 1 heterocycles. The number of carbonyl (C=O) groups excluding carboxylic acids is 1. The zero-order chi connectivity index (χ0) is 14.0. The lowest BCUT2D eigenvalue weighted by atomic mass is 10.1. The Labute approximate surface area is 137 Å². The number of hydrogen-bond donors (Lipinski definition) is 0. The van der Waals surface area contributed by atoms with Crippen LogP contribution in [0.2, 0.25) is 5.02 Å². The molecule has 0 atom stereocenters. The molecule has 1 saturated heterocycles. The average molecular weight is 410 g/mol. The predicted molar refractivity (Wildman–Crippen MR) is 91.2 cm³/mol. The molecule has 0 aromatic heterocycles. The van der Waals surface area contributed by atoms with Crippen LogP contribution in [-0.2, 0) is 0 Å². The summed E-state index contributed by atoms with van der Waals surface area (Å²) in [4.78, 5) is 14.4. The first-order valence-corrected chi connectivity index (χ1v) is 8.71. The Balaban J connectivity index is 2.13. The summed E-state index contributed by atoms with van der Waals surface area (Å²) in [6.45, 7) is 6.12. The van der Waals surface area contributed by atoms with E-state index >= 15 is 0 Å². The van der Waals surface area contributed by atoms with Crippen molar-refractivity contribution in [2.45, 2.75) is 25.0 Å². The minimum absolute atomic E-state index is 0.0941.